The Morgan fingerprint density at radius 2 is 1.36 bits per heavy atom. The van der Waals surface area contributed by atoms with E-state index in [2.05, 4.69) is 53.0 Å². The summed E-state index contributed by atoms with van der Waals surface area (Å²) in [5, 5.41) is 0. The van der Waals surface area contributed by atoms with E-state index >= 15 is 0 Å². The summed E-state index contributed by atoms with van der Waals surface area (Å²) in [6, 6.07) is 0. The highest BCUT2D eigenvalue weighted by atomic mass is 32.2. The van der Waals surface area contributed by atoms with Crippen molar-refractivity contribution in [2.75, 3.05) is 6.26 Å². The molecule has 0 aromatic carbocycles. The van der Waals surface area contributed by atoms with Gasteiger partial charge in [-0.3, -0.25) is 4.18 Å². The van der Waals surface area contributed by atoms with Gasteiger partial charge in [0.25, 0.3) is 10.1 Å². The summed E-state index contributed by atoms with van der Waals surface area (Å²) in [5.41, 5.74) is 5.14. The minimum Gasteiger partial charge on any atom is -0.254 e. The Kier molecular flexibility index (Phi) is 8.39. The van der Waals surface area contributed by atoms with E-state index in [4.69, 9.17) is 4.18 Å². The fraction of sp³-hybridized carbons (Fsp3) is 0.882. The zero-order valence-electron chi connectivity index (χ0n) is 15.7. The average molecular weight is 347 g/mol. The van der Waals surface area contributed by atoms with E-state index in [1.165, 1.54) is 0 Å². The van der Waals surface area contributed by atoms with Crippen LogP contribution in [0.5, 0.6) is 0 Å². The average Bonchev–Trinajstić information content (AvgIpc) is 2.34. The quantitative estimate of drug-likeness (QED) is 0.384. The molecule has 0 saturated carbocycles. The summed E-state index contributed by atoms with van der Waals surface area (Å²) < 4.78 is 28.3. The third kappa shape index (κ3) is 5.71. The molecule has 0 saturated heterocycles. The molecular weight excluding hydrogens is 312 g/mol. The maximum Gasteiger partial charge on any atom is 0.265 e. The highest BCUT2D eigenvalue weighted by molar-refractivity contribution is 7.86. The van der Waals surface area contributed by atoms with E-state index in [9.17, 15) is 8.42 Å². The molecule has 0 aromatic heterocycles. The van der Waals surface area contributed by atoms with Crippen molar-refractivity contribution < 1.29 is 12.6 Å². The third-order valence-electron chi connectivity index (χ3n) is 4.74. The zero-order chi connectivity index (χ0) is 17.7. The predicted octanol–water partition coefficient (Wildman–Crippen LogP) is 4.60. The fourth-order valence-electron chi connectivity index (χ4n) is 3.29. The van der Waals surface area contributed by atoms with Gasteiger partial charge >= 0.3 is 0 Å². The maximum absolute atomic E-state index is 11.5. The second-order valence-electron chi connectivity index (χ2n) is 7.27. The molecule has 0 aliphatic rings. The largest absolute Gasteiger partial charge is 0.265 e. The number of hydrogen-bond donors (Lipinski definition) is 0. The van der Waals surface area contributed by atoms with E-state index in [0.717, 1.165) is 12.7 Å². The molecule has 0 aliphatic carbocycles. The van der Waals surface area contributed by atoms with Gasteiger partial charge in [0.2, 0.25) is 0 Å². The molecular formula is C17H34O3SSi. The summed E-state index contributed by atoms with van der Waals surface area (Å²) in [5.74, 6) is 3.32. The molecule has 0 N–H and O–H groups in total. The van der Waals surface area contributed by atoms with Gasteiger partial charge in [-0.05, 0) is 22.5 Å². The van der Waals surface area contributed by atoms with Gasteiger partial charge < -0.3 is 0 Å². The molecule has 0 aliphatic heterocycles. The van der Waals surface area contributed by atoms with Crippen LogP contribution in [0.25, 0.3) is 0 Å². The van der Waals surface area contributed by atoms with E-state index in [0.29, 0.717) is 16.6 Å². The molecule has 0 bridgehead atoms. The van der Waals surface area contributed by atoms with Gasteiger partial charge in [-0.1, -0.05) is 67.7 Å². The Labute approximate surface area is 139 Å². The van der Waals surface area contributed by atoms with Gasteiger partial charge in [-0.2, -0.15) is 8.42 Å². The highest BCUT2D eigenvalue weighted by Crippen LogP contribution is 2.40. The zero-order valence-corrected chi connectivity index (χ0v) is 17.5. The molecule has 2 unspecified atom stereocenters. The lowest BCUT2D eigenvalue weighted by Gasteiger charge is -2.38. The lowest BCUT2D eigenvalue weighted by Crippen LogP contribution is -2.43. The molecule has 0 radical (unpaired) electrons. The van der Waals surface area contributed by atoms with Crippen LogP contribution in [0.3, 0.4) is 0 Å². The molecule has 0 heterocycles. The van der Waals surface area contributed by atoms with E-state index in [1.54, 1.807) is 0 Å². The van der Waals surface area contributed by atoms with Crippen molar-refractivity contribution in [3.8, 4) is 11.5 Å². The summed E-state index contributed by atoms with van der Waals surface area (Å²) >= 11 is 0. The smallest absolute Gasteiger partial charge is 0.254 e. The summed E-state index contributed by atoms with van der Waals surface area (Å²) in [7, 11) is -5.35. The molecule has 5 heteroatoms. The van der Waals surface area contributed by atoms with E-state index < -0.39 is 24.3 Å². The van der Waals surface area contributed by atoms with Crippen molar-refractivity contribution in [1.82, 2.24) is 0 Å². The molecule has 130 valence electrons. The van der Waals surface area contributed by atoms with Crippen molar-refractivity contribution in [2.45, 2.75) is 84.5 Å². The van der Waals surface area contributed by atoms with Crippen molar-refractivity contribution >= 4 is 18.2 Å². The summed E-state index contributed by atoms with van der Waals surface area (Å²) in [6.07, 6.45) is 1.40. The Balaban J connectivity index is 5.81. The van der Waals surface area contributed by atoms with Gasteiger partial charge in [0.05, 0.1) is 6.26 Å². The molecule has 2 atom stereocenters. The first-order chi connectivity index (χ1) is 9.88. The second-order valence-corrected chi connectivity index (χ2v) is 14.5. The number of hydrogen-bond acceptors (Lipinski definition) is 3. The first kappa shape index (κ1) is 21.7. The molecule has 0 rings (SSSR count). The van der Waals surface area contributed by atoms with Crippen LogP contribution in [0.15, 0.2) is 0 Å². The van der Waals surface area contributed by atoms with Crippen LogP contribution in [0.1, 0.15) is 61.8 Å². The van der Waals surface area contributed by atoms with Gasteiger partial charge in [0, 0.05) is 0 Å². The predicted molar refractivity (Wildman–Crippen MR) is 98.0 cm³/mol. The molecule has 0 aromatic rings. The molecule has 0 spiro atoms. The minimum atomic E-state index is -3.49. The van der Waals surface area contributed by atoms with E-state index in [1.807, 2.05) is 13.8 Å². The SMILES string of the molecule is CCC(C)C(C#C[Si](C(C)C)(C(C)C)C(C)C)OS(C)(=O)=O. The van der Waals surface area contributed by atoms with Gasteiger partial charge in [0.1, 0.15) is 14.2 Å². The van der Waals surface area contributed by atoms with E-state index in [-0.39, 0.29) is 5.92 Å². The lowest BCUT2D eigenvalue weighted by atomic mass is 10.0. The van der Waals surface area contributed by atoms with Gasteiger partial charge in [0.15, 0.2) is 0 Å². The summed E-state index contributed by atoms with van der Waals surface area (Å²) in [6.45, 7) is 17.5. The Morgan fingerprint density at radius 1 is 0.955 bits per heavy atom. The van der Waals surface area contributed by atoms with Crippen molar-refractivity contribution in [2.24, 2.45) is 5.92 Å². The first-order valence-corrected chi connectivity index (χ1v) is 12.3. The van der Waals surface area contributed by atoms with Crippen molar-refractivity contribution in [3.05, 3.63) is 0 Å². The molecule has 0 fully saturated rings. The monoisotopic (exact) mass is 346 g/mol. The van der Waals surface area contributed by atoms with Crippen LogP contribution in [0.2, 0.25) is 16.6 Å². The normalized spacial score (nSPS) is 15.8. The Bertz CT molecular complexity index is 476. The Morgan fingerprint density at radius 3 is 1.64 bits per heavy atom. The minimum absolute atomic E-state index is 0.0976. The van der Waals surface area contributed by atoms with Crippen molar-refractivity contribution in [1.29, 1.82) is 0 Å². The van der Waals surface area contributed by atoms with Crippen LogP contribution < -0.4 is 0 Å². The fourth-order valence-corrected chi connectivity index (χ4v) is 9.17. The lowest BCUT2D eigenvalue weighted by molar-refractivity contribution is 0.202. The third-order valence-corrected chi connectivity index (χ3v) is 11.6. The van der Waals surface area contributed by atoms with Crippen molar-refractivity contribution in [3.63, 3.8) is 0 Å². The standard InChI is InChI=1S/C17H34O3SSi/c1-10-16(8)17(20-21(9,18)19)11-12-22(13(2)3,14(4)5)15(6)7/h13-17H,10H2,1-9H3. The molecule has 0 amide bonds. The van der Waals surface area contributed by atoms with Crippen LogP contribution >= 0.6 is 0 Å². The van der Waals surface area contributed by atoms with Crippen LogP contribution in [0.4, 0.5) is 0 Å². The van der Waals surface area contributed by atoms with Gasteiger partial charge in [-0.25, -0.2) is 0 Å². The van der Waals surface area contributed by atoms with Crippen LogP contribution in [-0.4, -0.2) is 28.9 Å². The first-order valence-electron chi connectivity index (χ1n) is 8.29. The second kappa shape index (κ2) is 8.51. The molecule has 3 nitrogen and oxygen atoms in total. The van der Waals surface area contributed by atoms with Crippen LogP contribution in [0, 0.1) is 17.4 Å². The van der Waals surface area contributed by atoms with Gasteiger partial charge in [-0.15, -0.1) is 5.54 Å². The molecule has 22 heavy (non-hydrogen) atoms. The maximum atomic E-state index is 11.5. The highest BCUT2D eigenvalue weighted by Gasteiger charge is 2.42. The summed E-state index contributed by atoms with van der Waals surface area (Å²) in [4.78, 5) is 0. The topological polar surface area (TPSA) is 43.4 Å². The van der Waals surface area contributed by atoms with Crippen LogP contribution in [-0.2, 0) is 14.3 Å². The number of rotatable bonds is 7. The Hall–Kier alpha value is -0.313.